The van der Waals surface area contributed by atoms with Crippen LogP contribution in [0, 0.1) is 5.82 Å². The molecule has 4 rings (SSSR count). The van der Waals surface area contributed by atoms with E-state index in [1.165, 1.54) is 10.9 Å². The van der Waals surface area contributed by atoms with Gasteiger partial charge in [-0.1, -0.05) is 17.7 Å². The fraction of sp³-hybridized carbons (Fsp3) is 0.389. The summed E-state index contributed by atoms with van der Waals surface area (Å²) in [6, 6.07) is 5.01. The highest BCUT2D eigenvalue weighted by Crippen LogP contribution is 2.42. The van der Waals surface area contributed by atoms with Gasteiger partial charge in [0.25, 0.3) is 5.91 Å². The van der Waals surface area contributed by atoms with E-state index in [1.54, 1.807) is 23.5 Å². The van der Waals surface area contributed by atoms with E-state index in [0.29, 0.717) is 16.6 Å². The molecule has 1 aromatic heterocycles. The quantitative estimate of drug-likeness (QED) is 0.823. The zero-order valence-corrected chi connectivity index (χ0v) is 15.6. The third-order valence-corrected chi connectivity index (χ3v) is 6.36. The molecule has 7 heteroatoms. The number of halogens is 2. The van der Waals surface area contributed by atoms with Crippen molar-refractivity contribution in [2.24, 2.45) is 0 Å². The number of fused-ring (bicyclic) bond motifs is 3. The monoisotopic (exact) mass is 379 g/mol. The van der Waals surface area contributed by atoms with Crippen LogP contribution in [-0.2, 0) is 13.0 Å². The van der Waals surface area contributed by atoms with Crippen LogP contribution in [0.4, 0.5) is 9.39 Å². The fourth-order valence-corrected chi connectivity index (χ4v) is 5.08. The summed E-state index contributed by atoms with van der Waals surface area (Å²) >= 11 is 7.75. The molecule has 25 heavy (non-hydrogen) atoms. The molecule has 3 heterocycles. The van der Waals surface area contributed by atoms with Crippen molar-refractivity contribution in [2.75, 3.05) is 11.9 Å². The highest BCUT2D eigenvalue weighted by Gasteiger charge is 2.35. The molecule has 0 bridgehead atoms. The van der Waals surface area contributed by atoms with Crippen LogP contribution in [-0.4, -0.2) is 23.4 Å². The Balaban J connectivity index is 1.70. The highest BCUT2D eigenvalue weighted by molar-refractivity contribution is 7.16. The van der Waals surface area contributed by atoms with E-state index >= 15 is 0 Å². The Morgan fingerprint density at radius 2 is 2.16 bits per heavy atom. The van der Waals surface area contributed by atoms with Crippen LogP contribution in [0.15, 0.2) is 18.2 Å². The van der Waals surface area contributed by atoms with Crippen molar-refractivity contribution in [1.29, 1.82) is 0 Å². The van der Waals surface area contributed by atoms with Gasteiger partial charge in [-0.25, -0.2) is 4.39 Å². The number of hydrogen-bond donors (Lipinski definition) is 2. The topological polar surface area (TPSA) is 44.4 Å². The van der Waals surface area contributed by atoms with Gasteiger partial charge in [-0.3, -0.25) is 9.69 Å². The lowest BCUT2D eigenvalue weighted by Crippen LogP contribution is -2.40. The Labute approximate surface area is 155 Å². The zero-order valence-electron chi connectivity index (χ0n) is 14.0. The van der Waals surface area contributed by atoms with Crippen LogP contribution < -0.4 is 10.6 Å². The predicted molar refractivity (Wildman–Crippen MR) is 98.8 cm³/mol. The molecule has 1 unspecified atom stereocenters. The van der Waals surface area contributed by atoms with Crippen molar-refractivity contribution in [3.63, 3.8) is 0 Å². The number of nitrogens with one attached hydrogen (secondary N) is 2. The van der Waals surface area contributed by atoms with Gasteiger partial charge in [0.1, 0.15) is 17.0 Å². The van der Waals surface area contributed by atoms with E-state index in [4.69, 9.17) is 11.6 Å². The number of benzene rings is 1. The number of carbonyl (C=O) groups is 1. The third-order valence-electron chi connectivity index (χ3n) is 4.88. The average Bonchev–Trinajstić information content (AvgIpc) is 2.92. The smallest absolute Gasteiger partial charge is 0.256 e. The fourth-order valence-electron chi connectivity index (χ4n) is 3.51. The molecule has 0 fully saturated rings. The number of thiophene rings is 1. The molecule has 0 spiro atoms. The van der Waals surface area contributed by atoms with E-state index in [1.807, 2.05) is 0 Å². The maximum Gasteiger partial charge on any atom is 0.256 e. The normalized spacial score (nSPS) is 20.0. The highest BCUT2D eigenvalue weighted by atomic mass is 35.5. The summed E-state index contributed by atoms with van der Waals surface area (Å²) in [5, 5.41) is 7.24. The largest absolute Gasteiger partial charge is 0.352 e. The number of hydrogen-bond acceptors (Lipinski definition) is 4. The lowest BCUT2D eigenvalue weighted by molar-refractivity contribution is 0.0934. The van der Waals surface area contributed by atoms with Crippen molar-refractivity contribution < 1.29 is 9.18 Å². The van der Waals surface area contributed by atoms with Crippen molar-refractivity contribution in [2.45, 2.75) is 39.0 Å². The standard InChI is InChI=1S/C18H19ClFN3OS/c1-9(2)23-7-6-10-13(8-23)25-18-14(10)17(24)21-16(22-18)15-11(19)4-3-5-12(15)20/h3-5,9,16,22H,6-8H2,1-2H3,(H,21,24). The number of rotatable bonds is 2. The minimum atomic E-state index is -0.657. The molecule has 1 atom stereocenters. The summed E-state index contributed by atoms with van der Waals surface area (Å²) in [5.74, 6) is -0.588. The van der Waals surface area contributed by atoms with Gasteiger partial charge in [-0.05, 0) is 38.0 Å². The molecule has 132 valence electrons. The van der Waals surface area contributed by atoms with Crippen LogP contribution >= 0.6 is 22.9 Å². The van der Waals surface area contributed by atoms with Gasteiger partial charge in [-0.2, -0.15) is 0 Å². The lowest BCUT2D eigenvalue weighted by atomic mass is 9.99. The molecule has 2 N–H and O–H groups in total. The van der Waals surface area contributed by atoms with Crippen LogP contribution in [0.1, 0.15) is 46.4 Å². The number of carbonyl (C=O) groups excluding carboxylic acids is 1. The molecule has 0 saturated heterocycles. The van der Waals surface area contributed by atoms with Crippen LogP contribution in [0.5, 0.6) is 0 Å². The average molecular weight is 380 g/mol. The Morgan fingerprint density at radius 1 is 1.36 bits per heavy atom. The molecule has 1 aromatic carbocycles. The summed E-state index contributed by atoms with van der Waals surface area (Å²) in [6.45, 7) is 6.16. The summed E-state index contributed by atoms with van der Waals surface area (Å²) in [6.07, 6.45) is 0.203. The van der Waals surface area contributed by atoms with Crippen molar-refractivity contribution in [1.82, 2.24) is 10.2 Å². The summed E-state index contributed by atoms with van der Waals surface area (Å²) < 4.78 is 14.2. The first-order valence-electron chi connectivity index (χ1n) is 8.35. The van der Waals surface area contributed by atoms with E-state index in [0.717, 1.165) is 30.1 Å². The first-order chi connectivity index (χ1) is 12.0. The first kappa shape index (κ1) is 16.8. The van der Waals surface area contributed by atoms with Gasteiger partial charge in [-0.15, -0.1) is 11.3 Å². The van der Waals surface area contributed by atoms with Gasteiger partial charge in [0.05, 0.1) is 10.6 Å². The van der Waals surface area contributed by atoms with Gasteiger partial charge >= 0.3 is 0 Å². The molecule has 4 nitrogen and oxygen atoms in total. The summed E-state index contributed by atoms with van der Waals surface area (Å²) in [5.41, 5.74) is 2.12. The number of anilines is 1. The summed E-state index contributed by atoms with van der Waals surface area (Å²) in [7, 11) is 0. The Kier molecular flexibility index (Phi) is 4.22. The predicted octanol–water partition coefficient (Wildman–Crippen LogP) is 4.16. The van der Waals surface area contributed by atoms with E-state index in [9.17, 15) is 9.18 Å². The first-order valence-corrected chi connectivity index (χ1v) is 9.55. The maximum atomic E-state index is 14.2. The van der Waals surface area contributed by atoms with Gasteiger partial charge in [0, 0.05) is 29.6 Å². The molecular formula is C18H19ClFN3OS. The Morgan fingerprint density at radius 3 is 2.88 bits per heavy atom. The van der Waals surface area contributed by atoms with Crippen LogP contribution in [0.3, 0.4) is 0 Å². The van der Waals surface area contributed by atoms with E-state index in [2.05, 4.69) is 29.4 Å². The van der Waals surface area contributed by atoms with Crippen LogP contribution in [0.2, 0.25) is 5.02 Å². The van der Waals surface area contributed by atoms with Gasteiger partial charge < -0.3 is 10.6 Å². The van der Waals surface area contributed by atoms with Crippen molar-refractivity contribution in [3.8, 4) is 0 Å². The molecule has 0 aliphatic carbocycles. The lowest BCUT2D eigenvalue weighted by Gasteiger charge is -2.31. The van der Waals surface area contributed by atoms with Crippen molar-refractivity contribution >= 4 is 33.8 Å². The second-order valence-electron chi connectivity index (χ2n) is 6.71. The number of nitrogens with zero attached hydrogens (tertiary/aromatic N) is 1. The van der Waals surface area contributed by atoms with E-state index < -0.39 is 12.0 Å². The second-order valence-corrected chi connectivity index (χ2v) is 8.22. The molecule has 2 aliphatic heterocycles. The molecule has 0 saturated carbocycles. The van der Waals surface area contributed by atoms with E-state index in [-0.39, 0.29) is 11.5 Å². The minimum absolute atomic E-state index is 0.159. The molecule has 2 aromatic rings. The maximum absolute atomic E-state index is 14.2. The molecule has 1 amide bonds. The third kappa shape index (κ3) is 2.82. The van der Waals surface area contributed by atoms with Gasteiger partial charge in [0.15, 0.2) is 0 Å². The Hall–Kier alpha value is -1.63. The molecule has 2 aliphatic rings. The van der Waals surface area contributed by atoms with Crippen molar-refractivity contribution in [3.05, 3.63) is 50.6 Å². The van der Waals surface area contributed by atoms with Crippen LogP contribution in [0.25, 0.3) is 0 Å². The Bertz CT molecular complexity index is 831. The molecule has 0 radical (unpaired) electrons. The zero-order chi connectivity index (χ0) is 17.7. The minimum Gasteiger partial charge on any atom is -0.352 e. The summed E-state index contributed by atoms with van der Waals surface area (Å²) in [4.78, 5) is 16.3. The molecular weight excluding hydrogens is 361 g/mol. The second kappa shape index (κ2) is 6.27. The SMILES string of the molecule is CC(C)N1CCc2c(sc3c2C(=O)NC(c2c(F)cccc2Cl)N3)C1. The van der Waals surface area contributed by atoms with Gasteiger partial charge in [0.2, 0.25) is 0 Å². The number of amides is 1.